The number of aliphatic carboxylic acids is 1. The molecule has 1 heterocycles. The number of rotatable bonds is 4. The summed E-state index contributed by atoms with van der Waals surface area (Å²) in [5.74, 6) is -1.05. The number of benzene rings is 1. The van der Waals surface area contributed by atoms with E-state index in [1.54, 1.807) is 0 Å². The van der Waals surface area contributed by atoms with Crippen LogP contribution in [0.25, 0.3) is 0 Å². The van der Waals surface area contributed by atoms with Gasteiger partial charge in [-0.3, -0.25) is 4.79 Å². The molecule has 0 aromatic heterocycles. The van der Waals surface area contributed by atoms with Crippen molar-refractivity contribution in [3.8, 4) is 0 Å². The molecule has 5 heteroatoms. The summed E-state index contributed by atoms with van der Waals surface area (Å²) in [7, 11) is 0. The van der Waals surface area contributed by atoms with Gasteiger partial charge in [0.15, 0.2) is 0 Å². The molecule has 0 aliphatic carbocycles. The van der Waals surface area contributed by atoms with Gasteiger partial charge in [0.1, 0.15) is 6.04 Å². The molecule has 3 atom stereocenters. The molecule has 0 spiro atoms. The molecule has 3 unspecified atom stereocenters. The van der Waals surface area contributed by atoms with Crippen LogP contribution in [0.4, 0.5) is 0 Å². The fraction of sp³-hybridized carbons (Fsp3) is 0.417. The molecule has 2 rings (SSSR count). The van der Waals surface area contributed by atoms with Crippen molar-refractivity contribution in [2.45, 2.75) is 18.5 Å². The van der Waals surface area contributed by atoms with E-state index in [-0.39, 0.29) is 18.6 Å². The molecule has 1 saturated heterocycles. The summed E-state index contributed by atoms with van der Waals surface area (Å²) in [6.45, 7) is -0.0128. The molecule has 1 aromatic rings. The molecule has 1 aliphatic rings. The van der Waals surface area contributed by atoms with Crippen molar-refractivity contribution in [3.63, 3.8) is 0 Å². The number of aliphatic hydroxyl groups is 1. The molecule has 4 N–H and O–H groups in total. The smallest absolute Gasteiger partial charge is 0.322 e. The zero-order valence-electron chi connectivity index (χ0n) is 9.34. The number of hydrogen-bond donors (Lipinski definition) is 4. The summed E-state index contributed by atoms with van der Waals surface area (Å²) in [5.41, 5.74) is 6.81. The second kappa shape index (κ2) is 5.27. The molecular weight excluding hydrogens is 220 g/mol. The van der Waals surface area contributed by atoms with Gasteiger partial charge in [-0.25, -0.2) is 10.9 Å². The van der Waals surface area contributed by atoms with Crippen LogP contribution in [0.1, 0.15) is 18.0 Å². The Labute approximate surface area is 99.4 Å². The van der Waals surface area contributed by atoms with Crippen LogP contribution in [-0.2, 0) is 4.79 Å². The average molecular weight is 236 g/mol. The average Bonchev–Trinajstić information content (AvgIpc) is 2.75. The topological polar surface area (TPSA) is 81.6 Å². The number of carboxylic acids is 1. The lowest BCUT2D eigenvalue weighted by Crippen LogP contribution is -2.38. The lowest BCUT2D eigenvalue weighted by atomic mass is 9.87. The number of hydrazine groups is 1. The van der Waals surface area contributed by atoms with Crippen molar-refractivity contribution in [2.75, 3.05) is 6.61 Å². The van der Waals surface area contributed by atoms with Crippen LogP contribution in [0.3, 0.4) is 0 Å². The van der Waals surface area contributed by atoms with Crippen LogP contribution in [-0.4, -0.2) is 28.8 Å². The molecular formula is C12H16N2O3. The van der Waals surface area contributed by atoms with Crippen LogP contribution >= 0.6 is 0 Å². The summed E-state index contributed by atoms with van der Waals surface area (Å²) >= 11 is 0. The zero-order chi connectivity index (χ0) is 12.3. The first-order valence-corrected chi connectivity index (χ1v) is 5.63. The number of carboxylic acid groups (broad SMARTS) is 1. The second-order valence-electron chi connectivity index (χ2n) is 4.17. The van der Waals surface area contributed by atoms with Gasteiger partial charge in [0.2, 0.25) is 0 Å². The Kier molecular flexibility index (Phi) is 3.73. The van der Waals surface area contributed by atoms with Crippen LogP contribution in [0.2, 0.25) is 0 Å². The maximum Gasteiger partial charge on any atom is 0.322 e. The van der Waals surface area contributed by atoms with Gasteiger partial charge < -0.3 is 10.2 Å². The quantitative estimate of drug-likeness (QED) is 0.604. The van der Waals surface area contributed by atoms with Gasteiger partial charge in [-0.2, -0.15) is 0 Å². The van der Waals surface area contributed by atoms with Crippen LogP contribution < -0.4 is 10.9 Å². The van der Waals surface area contributed by atoms with E-state index in [1.165, 1.54) is 0 Å². The number of carbonyl (C=O) groups is 1. The lowest BCUT2D eigenvalue weighted by molar-refractivity contribution is -0.140. The Hall–Kier alpha value is -1.43. The van der Waals surface area contributed by atoms with Gasteiger partial charge in [-0.05, 0) is 12.0 Å². The fourth-order valence-corrected chi connectivity index (χ4v) is 2.30. The summed E-state index contributed by atoms with van der Waals surface area (Å²) in [6.07, 6.45) is 0.455. The Morgan fingerprint density at radius 3 is 2.53 bits per heavy atom. The second-order valence-corrected chi connectivity index (χ2v) is 4.17. The van der Waals surface area contributed by atoms with Crippen LogP contribution in [0, 0.1) is 5.92 Å². The predicted molar refractivity (Wildman–Crippen MR) is 62.1 cm³/mol. The highest BCUT2D eigenvalue weighted by Gasteiger charge is 2.40. The van der Waals surface area contributed by atoms with Crippen molar-refractivity contribution >= 4 is 5.97 Å². The highest BCUT2D eigenvalue weighted by molar-refractivity contribution is 5.74. The van der Waals surface area contributed by atoms with Crippen molar-refractivity contribution in [1.82, 2.24) is 10.9 Å². The van der Waals surface area contributed by atoms with E-state index in [9.17, 15) is 4.79 Å². The third-order valence-electron chi connectivity index (χ3n) is 3.14. The molecule has 0 bridgehead atoms. The van der Waals surface area contributed by atoms with Crippen molar-refractivity contribution in [3.05, 3.63) is 35.9 Å². The highest BCUT2D eigenvalue weighted by atomic mass is 16.4. The first-order chi connectivity index (χ1) is 8.24. The zero-order valence-corrected chi connectivity index (χ0v) is 9.34. The van der Waals surface area contributed by atoms with E-state index in [1.807, 2.05) is 30.3 Å². The third kappa shape index (κ3) is 2.46. The summed E-state index contributed by atoms with van der Waals surface area (Å²) < 4.78 is 0. The minimum absolute atomic E-state index is 0.0128. The van der Waals surface area contributed by atoms with Gasteiger partial charge in [0.25, 0.3) is 0 Å². The van der Waals surface area contributed by atoms with E-state index in [2.05, 4.69) is 10.9 Å². The summed E-state index contributed by atoms with van der Waals surface area (Å²) in [5, 5.41) is 18.1. The molecule has 5 nitrogen and oxygen atoms in total. The van der Waals surface area contributed by atoms with Gasteiger partial charge in [0.05, 0.1) is 6.04 Å². The Balaban J connectivity index is 2.20. The van der Waals surface area contributed by atoms with Gasteiger partial charge in [-0.15, -0.1) is 0 Å². The van der Waals surface area contributed by atoms with Crippen molar-refractivity contribution in [2.24, 2.45) is 5.92 Å². The van der Waals surface area contributed by atoms with Gasteiger partial charge in [0, 0.05) is 12.5 Å². The summed E-state index contributed by atoms with van der Waals surface area (Å²) in [4.78, 5) is 11.1. The van der Waals surface area contributed by atoms with Gasteiger partial charge in [-0.1, -0.05) is 30.3 Å². The highest BCUT2D eigenvalue weighted by Crippen LogP contribution is 2.31. The molecule has 0 radical (unpaired) electrons. The monoisotopic (exact) mass is 236 g/mol. The normalized spacial score (nSPS) is 28.2. The maximum atomic E-state index is 11.1. The minimum Gasteiger partial charge on any atom is -0.480 e. The molecule has 0 amide bonds. The maximum absolute atomic E-state index is 11.1. The molecule has 1 fully saturated rings. The number of hydrogen-bond acceptors (Lipinski definition) is 4. The summed E-state index contributed by atoms with van der Waals surface area (Å²) in [6, 6.07) is 8.92. The molecule has 92 valence electrons. The van der Waals surface area contributed by atoms with E-state index in [4.69, 9.17) is 10.2 Å². The third-order valence-corrected chi connectivity index (χ3v) is 3.14. The largest absolute Gasteiger partial charge is 0.480 e. The van der Waals surface area contributed by atoms with Crippen LogP contribution in [0.5, 0.6) is 0 Å². The SMILES string of the molecule is O=C(O)C1NNC(c2ccccc2)C1CCO. The van der Waals surface area contributed by atoms with Gasteiger partial charge >= 0.3 is 5.97 Å². The fourth-order valence-electron chi connectivity index (χ4n) is 2.30. The first-order valence-electron chi connectivity index (χ1n) is 5.63. The van der Waals surface area contributed by atoms with E-state index in [0.717, 1.165) is 5.56 Å². The Bertz CT molecular complexity index is 383. The number of aliphatic hydroxyl groups excluding tert-OH is 1. The Morgan fingerprint density at radius 2 is 1.94 bits per heavy atom. The number of nitrogens with one attached hydrogen (secondary N) is 2. The minimum atomic E-state index is -0.894. The molecule has 0 saturated carbocycles. The van der Waals surface area contributed by atoms with Crippen molar-refractivity contribution in [1.29, 1.82) is 0 Å². The molecule has 17 heavy (non-hydrogen) atoms. The van der Waals surface area contributed by atoms with Crippen molar-refractivity contribution < 1.29 is 15.0 Å². The predicted octanol–water partition coefficient (Wildman–Crippen LogP) is 0.287. The standard InChI is InChI=1S/C12H16N2O3/c15-7-6-9-10(8-4-2-1-3-5-8)13-14-11(9)12(16)17/h1-5,9-11,13-15H,6-7H2,(H,16,17). The first kappa shape index (κ1) is 12.0. The van der Waals surface area contributed by atoms with E-state index >= 15 is 0 Å². The van der Waals surface area contributed by atoms with E-state index in [0.29, 0.717) is 6.42 Å². The van der Waals surface area contributed by atoms with Crippen LogP contribution in [0.15, 0.2) is 30.3 Å². The lowest BCUT2D eigenvalue weighted by Gasteiger charge is -2.20. The Morgan fingerprint density at radius 1 is 1.24 bits per heavy atom. The molecule has 1 aliphatic heterocycles. The van der Waals surface area contributed by atoms with E-state index < -0.39 is 12.0 Å². The molecule has 1 aromatic carbocycles.